The van der Waals surface area contributed by atoms with Gasteiger partial charge in [0.2, 0.25) is 0 Å². The van der Waals surface area contributed by atoms with Crippen molar-refractivity contribution < 1.29 is 4.79 Å². The number of aromatic nitrogens is 4. The van der Waals surface area contributed by atoms with Crippen LogP contribution in [0.5, 0.6) is 0 Å². The molecule has 3 heterocycles. The van der Waals surface area contributed by atoms with E-state index in [0.717, 1.165) is 41.8 Å². The summed E-state index contributed by atoms with van der Waals surface area (Å²) >= 11 is 0. The van der Waals surface area contributed by atoms with Gasteiger partial charge in [0, 0.05) is 24.8 Å². The zero-order valence-electron chi connectivity index (χ0n) is 14.7. The molecule has 1 amide bonds. The Labute approximate surface area is 146 Å². The lowest BCUT2D eigenvalue weighted by Gasteiger charge is -2.25. The van der Waals surface area contributed by atoms with E-state index in [2.05, 4.69) is 22.0 Å². The number of nitrogens with zero attached hydrogens (tertiary/aromatic N) is 5. The van der Waals surface area contributed by atoms with E-state index in [9.17, 15) is 4.79 Å². The van der Waals surface area contributed by atoms with E-state index in [4.69, 9.17) is 0 Å². The number of para-hydroxylation sites is 2. The first kappa shape index (κ1) is 15.7. The summed E-state index contributed by atoms with van der Waals surface area (Å²) in [6, 6.07) is 7.68. The van der Waals surface area contributed by atoms with Crippen LogP contribution in [-0.4, -0.2) is 37.1 Å². The number of benzene rings is 1. The Bertz CT molecular complexity index is 962. The number of fused-ring (bicyclic) bond motifs is 1. The Morgan fingerprint density at radius 3 is 2.68 bits per heavy atom. The summed E-state index contributed by atoms with van der Waals surface area (Å²) in [5, 5.41) is 4.51. The largest absolute Gasteiger partial charge is 0.330 e. The zero-order chi connectivity index (χ0) is 17.6. The number of amides is 1. The van der Waals surface area contributed by atoms with Gasteiger partial charge >= 0.3 is 0 Å². The predicted molar refractivity (Wildman–Crippen MR) is 95.2 cm³/mol. The maximum absolute atomic E-state index is 13.1. The highest BCUT2D eigenvalue weighted by Crippen LogP contribution is 2.36. The number of likely N-dealkylation sites (tertiary alicyclic amines) is 1. The fraction of sp³-hybridized carbons (Fsp3) is 0.368. The van der Waals surface area contributed by atoms with Gasteiger partial charge in [0.25, 0.3) is 5.91 Å². The van der Waals surface area contributed by atoms with Crippen molar-refractivity contribution in [1.82, 2.24) is 24.6 Å². The van der Waals surface area contributed by atoms with Crippen molar-refractivity contribution in [2.75, 3.05) is 6.54 Å². The minimum atomic E-state index is -0.0524. The average Bonchev–Trinajstić information content (AvgIpc) is 3.18. The third-order valence-corrected chi connectivity index (χ3v) is 5.08. The van der Waals surface area contributed by atoms with Crippen LogP contribution in [0, 0.1) is 13.8 Å². The van der Waals surface area contributed by atoms with E-state index in [1.165, 1.54) is 5.56 Å². The Hall–Kier alpha value is -2.76. The first-order chi connectivity index (χ1) is 12.1. The molecule has 3 aromatic rings. The molecular formula is C19H21N5O. The Balaban J connectivity index is 1.70. The molecule has 0 bridgehead atoms. The van der Waals surface area contributed by atoms with E-state index in [0.29, 0.717) is 5.69 Å². The zero-order valence-corrected chi connectivity index (χ0v) is 14.7. The van der Waals surface area contributed by atoms with Gasteiger partial charge in [0.05, 0.1) is 29.0 Å². The molecule has 25 heavy (non-hydrogen) atoms. The molecule has 1 saturated heterocycles. The molecule has 1 aliphatic heterocycles. The molecule has 0 spiro atoms. The average molecular weight is 335 g/mol. The molecule has 1 aliphatic rings. The molecule has 0 N–H and O–H groups in total. The quantitative estimate of drug-likeness (QED) is 0.722. The second-order valence-electron chi connectivity index (χ2n) is 6.61. The van der Waals surface area contributed by atoms with Gasteiger partial charge in [-0.2, -0.15) is 5.10 Å². The summed E-state index contributed by atoms with van der Waals surface area (Å²) in [5.41, 5.74) is 5.24. The highest BCUT2D eigenvalue weighted by atomic mass is 16.2. The van der Waals surface area contributed by atoms with Crippen molar-refractivity contribution in [2.45, 2.75) is 32.7 Å². The fourth-order valence-corrected chi connectivity index (χ4v) is 3.79. The Morgan fingerprint density at radius 1 is 1.20 bits per heavy atom. The number of carbonyl (C=O) groups excluding carboxylic acids is 1. The van der Waals surface area contributed by atoms with Crippen LogP contribution in [0.25, 0.3) is 11.0 Å². The molecule has 128 valence electrons. The monoisotopic (exact) mass is 335 g/mol. The SMILES string of the molecule is Cc1nn(C)c(C)c1[C@@H]1CCCN1C(=O)c1cnc2ccccc2n1. The third kappa shape index (κ3) is 2.58. The van der Waals surface area contributed by atoms with Crippen LogP contribution in [0.4, 0.5) is 0 Å². The van der Waals surface area contributed by atoms with E-state index < -0.39 is 0 Å². The van der Waals surface area contributed by atoms with Crippen molar-refractivity contribution >= 4 is 16.9 Å². The van der Waals surface area contributed by atoms with Crippen LogP contribution in [0.2, 0.25) is 0 Å². The molecule has 1 aromatic carbocycles. The van der Waals surface area contributed by atoms with Gasteiger partial charge in [-0.05, 0) is 38.8 Å². The number of carbonyl (C=O) groups is 1. The lowest BCUT2D eigenvalue weighted by atomic mass is 10.0. The summed E-state index contributed by atoms with van der Waals surface area (Å²) in [6.07, 6.45) is 3.54. The minimum absolute atomic E-state index is 0.0524. The first-order valence-corrected chi connectivity index (χ1v) is 8.59. The lowest BCUT2D eigenvalue weighted by molar-refractivity contribution is 0.0729. The van der Waals surface area contributed by atoms with Gasteiger partial charge < -0.3 is 4.90 Å². The van der Waals surface area contributed by atoms with Crippen LogP contribution < -0.4 is 0 Å². The summed E-state index contributed by atoms with van der Waals surface area (Å²) < 4.78 is 1.89. The maximum Gasteiger partial charge on any atom is 0.274 e. The van der Waals surface area contributed by atoms with Crippen LogP contribution in [0.1, 0.15) is 46.3 Å². The topological polar surface area (TPSA) is 63.9 Å². The smallest absolute Gasteiger partial charge is 0.274 e. The molecule has 0 unspecified atom stereocenters. The van der Waals surface area contributed by atoms with Crippen molar-refractivity contribution in [1.29, 1.82) is 0 Å². The van der Waals surface area contributed by atoms with Crippen LogP contribution >= 0.6 is 0 Å². The molecule has 1 fully saturated rings. The maximum atomic E-state index is 13.1. The number of aryl methyl sites for hydroxylation is 2. The normalized spacial score (nSPS) is 17.4. The van der Waals surface area contributed by atoms with Crippen molar-refractivity contribution in [3.05, 3.63) is 53.1 Å². The number of hydrogen-bond donors (Lipinski definition) is 0. The van der Waals surface area contributed by atoms with Gasteiger partial charge in [-0.1, -0.05) is 12.1 Å². The van der Waals surface area contributed by atoms with Crippen LogP contribution in [0.15, 0.2) is 30.5 Å². The van der Waals surface area contributed by atoms with Gasteiger partial charge in [0.1, 0.15) is 5.69 Å². The van der Waals surface area contributed by atoms with Gasteiger partial charge in [-0.3, -0.25) is 14.5 Å². The summed E-state index contributed by atoms with van der Waals surface area (Å²) in [7, 11) is 1.95. The van der Waals surface area contributed by atoms with E-state index in [1.807, 2.05) is 47.8 Å². The number of hydrogen-bond acceptors (Lipinski definition) is 4. The molecule has 6 heteroatoms. The van der Waals surface area contributed by atoms with Gasteiger partial charge in [0.15, 0.2) is 0 Å². The summed E-state index contributed by atoms with van der Waals surface area (Å²) in [6.45, 7) is 4.82. The Kier molecular flexibility index (Phi) is 3.75. The van der Waals surface area contributed by atoms with Gasteiger partial charge in [-0.15, -0.1) is 0 Å². The fourth-order valence-electron chi connectivity index (χ4n) is 3.79. The molecule has 2 aromatic heterocycles. The second-order valence-corrected chi connectivity index (χ2v) is 6.61. The summed E-state index contributed by atoms with van der Waals surface area (Å²) in [5.74, 6) is -0.0524. The third-order valence-electron chi connectivity index (χ3n) is 5.08. The molecule has 0 saturated carbocycles. The standard InChI is InChI=1S/C19H21N5O/c1-12-18(13(2)23(3)22-12)17-9-6-10-24(17)19(25)16-11-20-14-7-4-5-8-15(14)21-16/h4-5,7-8,11,17H,6,9-10H2,1-3H3/t17-/m0/s1. The summed E-state index contributed by atoms with van der Waals surface area (Å²) in [4.78, 5) is 23.9. The van der Waals surface area contributed by atoms with Gasteiger partial charge in [-0.25, -0.2) is 4.98 Å². The van der Waals surface area contributed by atoms with Crippen molar-refractivity contribution in [3.63, 3.8) is 0 Å². The first-order valence-electron chi connectivity index (χ1n) is 8.59. The van der Waals surface area contributed by atoms with E-state index in [-0.39, 0.29) is 11.9 Å². The lowest BCUT2D eigenvalue weighted by Crippen LogP contribution is -2.31. The molecular weight excluding hydrogens is 314 g/mol. The highest BCUT2D eigenvalue weighted by Gasteiger charge is 2.34. The minimum Gasteiger partial charge on any atom is -0.330 e. The van der Waals surface area contributed by atoms with Crippen molar-refractivity contribution in [2.24, 2.45) is 7.05 Å². The molecule has 0 aliphatic carbocycles. The van der Waals surface area contributed by atoms with Crippen LogP contribution in [-0.2, 0) is 7.05 Å². The molecule has 4 rings (SSSR count). The second kappa shape index (κ2) is 5.95. The van der Waals surface area contributed by atoms with E-state index >= 15 is 0 Å². The van der Waals surface area contributed by atoms with Crippen LogP contribution in [0.3, 0.4) is 0 Å². The number of rotatable bonds is 2. The van der Waals surface area contributed by atoms with E-state index in [1.54, 1.807) is 6.20 Å². The Morgan fingerprint density at radius 2 is 1.96 bits per heavy atom. The molecule has 1 atom stereocenters. The van der Waals surface area contributed by atoms with Crippen molar-refractivity contribution in [3.8, 4) is 0 Å². The molecule has 0 radical (unpaired) electrons. The molecule has 6 nitrogen and oxygen atoms in total. The highest BCUT2D eigenvalue weighted by molar-refractivity contribution is 5.94. The predicted octanol–water partition coefficient (Wildman–Crippen LogP) is 2.96.